The van der Waals surface area contributed by atoms with Crippen LogP contribution in [0.1, 0.15) is 20.7 Å². The molecule has 0 heterocycles. The summed E-state index contributed by atoms with van der Waals surface area (Å²) in [5, 5.41) is 26.6. The lowest BCUT2D eigenvalue weighted by Crippen LogP contribution is -2.10. The summed E-state index contributed by atoms with van der Waals surface area (Å²) in [5.74, 6) is -2.09. The Hall–Kier alpha value is -2.06. The van der Waals surface area contributed by atoms with Crippen LogP contribution in [0.3, 0.4) is 0 Å². The van der Waals surface area contributed by atoms with Crippen molar-refractivity contribution in [3.8, 4) is 11.5 Å². The number of carboxylic acid groups (broad SMARTS) is 1. The average molecular weight is 433 g/mol. The summed E-state index contributed by atoms with van der Waals surface area (Å²) < 4.78 is 1.34. The number of carboxylic acids is 1. The predicted octanol–water partition coefficient (Wildman–Crippen LogP) is 3.11. The van der Waals surface area contributed by atoms with Gasteiger partial charge in [0.05, 0.1) is 5.56 Å². The smallest absolute Gasteiger partial charge is 0.339 e. The van der Waals surface area contributed by atoms with E-state index in [9.17, 15) is 9.59 Å². The van der Waals surface area contributed by atoms with Crippen LogP contribution in [0, 0.1) is 0 Å². The van der Waals surface area contributed by atoms with E-state index < -0.39 is 11.9 Å². The lowest BCUT2D eigenvalue weighted by atomic mass is 10.2. The van der Waals surface area contributed by atoms with E-state index in [4.69, 9.17) is 21.1 Å². The minimum atomic E-state index is -1.14. The van der Waals surface area contributed by atoms with E-state index in [1.165, 1.54) is 24.3 Å². The van der Waals surface area contributed by atoms with Gasteiger partial charge in [0.1, 0.15) is 17.1 Å². The highest BCUT2D eigenvalue weighted by Crippen LogP contribution is 2.21. The maximum atomic E-state index is 10.6. The molecule has 1 amide bonds. The van der Waals surface area contributed by atoms with Crippen molar-refractivity contribution < 1.29 is 24.9 Å². The molecule has 0 aromatic heterocycles. The third-order valence-electron chi connectivity index (χ3n) is 2.41. The summed E-state index contributed by atoms with van der Waals surface area (Å²) in [6.07, 6.45) is 0. The second-order valence-corrected chi connectivity index (χ2v) is 5.82. The number of amides is 1. The zero-order chi connectivity index (χ0) is 16.9. The standard InChI is InChI=1S/C7H6BrNO2.C7H5BrO3/c8-4-1-2-6(10)5(3-4)7(9)11;8-4-1-2-6(9)5(3-4)7(10)11/h1-3,10H,(H2,9,11);1-3,9H,(H,10,11). The molecule has 116 valence electrons. The van der Waals surface area contributed by atoms with Crippen LogP contribution < -0.4 is 5.73 Å². The minimum Gasteiger partial charge on any atom is -0.507 e. The monoisotopic (exact) mass is 431 g/mol. The molecule has 5 N–H and O–H groups in total. The van der Waals surface area contributed by atoms with E-state index >= 15 is 0 Å². The first kappa shape index (κ1) is 18.0. The van der Waals surface area contributed by atoms with Crippen LogP contribution in [0.25, 0.3) is 0 Å². The first-order valence-electron chi connectivity index (χ1n) is 5.72. The Bertz CT molecular complexity index is 657. The van der Waals surface area contributed by atoms with Crippen LogP contribution in [0.15, 0.2) is 45.3 Å². The van der Waals surface area contributed by atoms with Gasteiger partial charge in [-0.15, -0.1) is 0 Å². The van der Waals surface area contributed by atoms with E-state index in [1.54, 1.807) is 12.1 Å². The number of carbonyl (C=O) groups is 2. The van der Waals surface area contributed by atoms with E-state index in [-0.39, 0.29) is 22.6 Å². The van der Waals surface area contributed by atoms with Gasteiger partial charge in [-0.05, 0) is 36.4 Å². The van der Waals surface area contributed by atoms with Crippen LogP contribution in [-0.2, 0) is 0 Å². The van der Waals surface area contributed by atoms with Crippen molar-refractivity contribution in [1.82, 2.24) is 0 Å². The third kappa shape index (κ3) is 5.05. The molecule has 2 rings (SSSR count). The van der Waals surface area contributed by atoms with E-state index in [0.717, 1.165) is 0 Å². The normalized spacial score (nSPS) is 9.55. The van der Waals surface area contributed by atoms with Crippen molar-refractivity contribution in [3.63, 3.8) is 0 Å². The summed E-state index contributed by atoms with van der Waals surface area (Å²) in [6, 6.07) is 8.75. The zero-order valence-corrected chi connectivity index (χ0v) is 14.1. The van der Waals surface area contributed by atoms with Crippen LogP contribution in [-0.4, -0.2) is 27.2 Å². The fourth-order valence-electron chi connectivity index (χ4n) is 1.39. The van der Waals surface area contributed by atoms with E-state index in [1.807, 2.05) is 0 Å². The van der Waals surface area contributed by atoms with Gasteiger partial charge in [-0.3, -0.25) is 4.79 Å². The fraction of sp³-hybridized carbons (Fsp3) is 0. The second-order valence-electron chi connectivity index (χ2n) is 3.99. The van der Waals surface area contributed by atoms with Crippen molar-refractivity contribution in [1.29, 1.82) is 0 Å². The largest absolute Gasteiger partial charge is 0.507 e. The molecule has 0 bridgehead atoms. The van der Waals surface area contributed by atoms with Crippen LogP contribution in [0.5, 0.6) is 11.5 Å². The highest BCUT2D eigenvalue weighted by atomic mass is 79.9. The number of rotatable bonds is 2. The summed E-state index contributed by atoms with van der Waals surface area (Å²) in [5.41, 5.74) is 4.99. The number of benzene rings is 2. The molecular weight excluding hydrogens is 422 g/mol. The Morgan fingerprint density at radius 1 is 0.864 bits per heavy atom. The number of carbonyl (C=O) groups excluding carboxylic acids is 1. The van der Waals surface area contributed by atoms with Crippen molar-refractivity contribution in [2.75, 3.05) is 0 Å². The molecule has 0 unspecified atom stereocenters. The maximum absolute atomic E-state index is 10.6. The highest BCUT2D eigenvalue weighted by molar-refractivity contribution is 9.10. The average Bonchev–Trinajstić information content (AvgIpc) is 2.44. The van der Waals surface area contributed by atoms with Crippen LogP contribution in [0.2, 0.25) is 0 Å². The van der Waals surface area contributed by atoms with Gasteiger partial charge >= 0.3 is 5.97 Å². The van der Waals surface area contributed by atoms with Gasteiger partial charge in [-0.25, -0.2) is 4.79 Å². The Morgan fingerprint density at radius 2 is 1.27 bits per heavy atom. The van der Waals surface area contributed by atoms with Gasteiger partial charge in [0, 0.05) is 8.95 Å². The molecule has 6 nitrogen and oxygen atoms in total. The number of aromatic hydroxyl groups is 2. The number of hydrogen-bond donors (Lipinski definition) is 4. The number of halogens is 2. The first-order chi connectivity index (χ1) is 10.2. The van der Waals surface area contributed by atoms with Crippen LogP contribution >= 0.6 is 31.9 Å². The number of nitrogens with two attached hydrogens (primary N) is 1. The number of phenols is 2. The van der Waals surface area contributed by atoms with Crippen molar-refractivity contribution >= 4 is 43.7 Å². The molecular formula is C14H11Br2NO5. The molecule has 0 aliphatic rings. The molecule has 0 radical (unpaired) electrons. The lowest BCUT2D eigenvalue weighted by molar-refractivity contribution is 0.0693. The molecule has 22 heavy (non-hydrogen) atoms. The molecule has 0 fully saturated rings. The SMILES string of the molecule is NC(=O)c1cc(Br)ccc1O.O=C(O)c1cc(Br)ccc1O. The van der Waals surface area contributed by atoms with Gasteiger partial charge in [0.25, 0.3) is 5.91 Å². The fourth-order valence-corrected chi connectivity index (χ4v) is 2.11. The third-order valence-corrected chi connectivity index (χ3v) is 3.40. The first-order valence-corrected chi connectivity index (χ1v) is 7.31. The highest BCUT2D eigenvalue weighted by Gasteiger charge is 2.08. The number of aromatic carboxylic acids is 1. The van der Waals surface area contributed by atoms with E-state index in [0.29, 0.717) is 8.95 Å². The second kappa shape index (κ2) is 7.81. The molecule has 0 aliphatic heterocycles. The van der Waals surface area contributed by atoms with Crippen molar-refractivity contribution in [3.05, 3.63) is 56.5 Å². The molecule has 0 atom stereocenters. The van der Waals surface area contributed by atoms with Crippen molar-refractivity contribution in [2.45, 2.75) is 0 Å². The topological polar surface area (TPSA) is 121 Å². The molecule has 0 saturated heterocycles. The summed E-state index contributed by atoms with van der Waals surface area (Å²) in [7, 11) is 0. The van der Waals surface area contributed by atoms with Gasteiger partial charge < -0.3 is 21.1 Å². The molecule has 2 aromatic rings. The molecule has 0 saturated carbocycles. The zero-order valence-electron chi connectivity index (χ0n) is 11.0. The van der Waals surface area contributed by atoms with Gasteiger partial charge in [-0.2, -0.15) is 0 Å². The summed E-state index contributed by atoms with van der Waals surface area (Å²) in [4.78, 5) is 21.0. The molecule has 8 heteroatoms. The Balaban J connectivity index is 0.000000220. The minimum absolute atomic E-state index is 0.0966. The van der Waals surface area contributed by atoms with Crippen LogP contribution in [0.4, 0.5) is 0 Å². The Kier molecular flexibility index (Phi) is 6.39. The lowest BCUT2D eigenvalue weighted by Gasteiger charge is -1.98. The van der Waals surface area contributed by atoms with Crippen molar-refractivity contribution in [2.24, 2.45) is 5.73 Å². The van der Waals surface area contributed by atoms with Gasteiger partial charge in [0.15, 0.2) is 0 Å². The summed E-state index contributed by atoms with van der Waals surface area (Å²) in [6.45, 7) is 0. The van der Waals surface area contributed by atoms with Gasteiger partial charge in [-0.1, -0.05) is 31.9 Å². The summed E-state index contributed by atoms with van der Waals surface area (Å²) >= 11 is 6.24. The van der Waals surface area contributed by atoms with E-state index in [2.05, 4.69) is 31.9 Å². The number of primary amides is 1. The predicted molar refractivity (Wildman–Crippen MR) is 87.1 cm³/mol. The van der Waals surface area contributed by atoms with Gasteiger partial charge in [0.2, 0.25) is 0 Å². The Morgan fingerprint density at radius 3 is 1.59 bits per heavy atom. The maximum Gasteiger partial charge on any atom is 0.339 e. The molecule has 2 aromatic carbocycles. The molecule has 0 aliphatic carbocycles. The quantitative estimate of drug-likeness (QED) is 0.580. The molecule has 0 spiro atoms. The number of hydrogen-bond acceptors (Lipinski definition) is 4. The Labute approximate surface area is 142 Å².